The van der Waals surface area contributed by atoms with Gasteiger partial charge in [0.05, 0.1) is 0 Å². The maximum Gasteiger partial charge on any atom is 0.261 e. The van der Waals surface area contributed by atoms with Gasteiger partial charge in [-0.15, -0.1) is 0 Å². The van der Waals surface area contributed by atoms with Gasteiger partial charge in [0.25, 0.3) is 5.91 Å². The van der Waals surface area contributed by atoms with E-state index in [-0.39, 0.29) is 24.5 Å². The summed E-state index contributed by atoms with van der Waals surface area (Å²) in [6, 6.07) is 26.4. The number of rotatable bonds is 10. The van der Waals surface area contributed by atoms with Gasteiger partial charge in [-0.25, -0.2) is 0 Å². The number of benzene rings is 3. The van der Waals surface area contributed by atoms with Crippen molar-refractivity contribution in [3.8, 4) is 5.75 Å². The molecular weight excluding hydrogens is 412 g/mol. The lowest BCUT2D eigenvalue weighted by atomic mass is 10.0. The second-order valence-corrected chi connectivity index (χ2v) is 8.43. The normalized spacial score (nSPS) is 11.6. The van der Waals surface area contributed by atoms with Gasteiger partial charge in [0.2, 0.25) is 5.91 Å². The predicted molar refractivity (Wildman–Crippen MR) is 131 cm³/mol. The van der Waals surface area contributed by atoms with Gasteiger partial charge in [-0.3, -0.25) is 9.59 Å². The van der Waals surface area contributed by atoms with Crippen molar-refractivity contribution in [3.63, 3.8) is 0 Å². The summed E-state index contributed by atoms with van der Waals surface area (Å²) < 4.78 is 5.86. The minimum atomic E-state index is -0.664. The third kappa shape index (κ3) is 7.21. The lowest BCUT2D eigenvalue weighted by molar-refractivity contribution is -0.143. The first-order valence-corrected chi connectivity index (χ1v) is 11.3. The molecule has 2 amide bonds. The number of hydrogen-bond acceptors (Lipinski definition) is 3. The Bertz CT molecular complexity index is 1040. The zero-order valence-corrected chi connectivity index (χ0v) is 19.5. The topological polar surface area (TPSA) is 58.6 Å². The molecule has 5 nitrogen and oxygen atoms in total. The Morgan fingerprint density at radius 1 is 0.848 bits per heavy atom. The zero-order chi connectivity index (χ0) is 23.6. The Labute approximate surface area is 196 Å². The first-order chi connectivity index (χ1) is 15.9. The Morgan fingerprint density at radius 2 is 1.42 bits per heavy atom. The molecule has 3 rings (SSSR count). The number of hydrogen-bond donors (Lipinski definition) is 1. The average Bonchev–Trinajstić information content (AvgIpc) is 2.81. The van der Waals surface area contributed by atoms with Gasteiger partial charge in [-0.05, 0) is 43.5 Å². The molecule has 1 N–H and O–H groups in total. The molecule has 0 saturated heterocycles. The summed E-state index contributed by atoms with van der Waals surface area (Å²) in [6.45, 7) is 5.96. The van der Waals surface area contributed by atoms with E-state index < -0.39 is 6.04 Å². The summed E-state index contributed by atoms with van der Waals surface area (Å²) in [5.74, 6) is 0.257. The Balaban J connectivity index is 1.89. The van der Waals surface area contributed by atoms with E-state index in [2.05, 4.69) is 5.32 Å². The number of aryl methyl sites for hydroxylation is 1. The maximum atomic E-state index is 13.5. The molecule has 0 radical (unpaired) electrons. The van der Waals surface area contributed by atoms with E-state index in [4.69, 9.17) is 4.74 Å². The van der Waals surface area contributed by atoms with Crippen LogP contribution in [0, 0.1) is 6.92 Å². The first-order valence-electron chi connectivity index (χ1n) is 11.3. The summed E-state index contributed by atoms with van der Waals surface area (Å²) in [6.07, 6.45) is 0.419. The van der Waals surface area contributed by atoms with Crippen molar-refractivity contribution in [2.24, 2.45) is 0 Å². The monoisotopic (exact) mass is 444 g/mol. The molecule has 0 heterocycles. The van der Waals surface area contributed by atoms with E-state index in [9.17, 15) is 9.59 Å². The molecule has 172 valence electrons. The molecule has 0 unspecified atom stereocenters. The highest BCUT2D eigenvalue weighted by Crippen LogP contribution is 2.18. The molecule has 3 aromatic carbocycles. The van der Waals surface area contributed by atoms with E-state index in [0.717, 1.165) is 16.7 Å². The lowest BCUT2D eigenvalue weighted by Gasteiger charge is -2.32. The first kappa shape index (κ1) is 24.1. The van der Waals surface area contributed by atoms with Crippen molar-refractivity contribution in [1.29, 1.82) is 0 Å². The van der Waals surface area contributed by atoms with E-state index in [1.165, 1.54) is 0 Å². The number of amides is 2. The van der Waals surface area contributed by atoms with E-state index in [1.54, 1.807) is 4.90 Å². The maximum absolute atomic E-state index is 13.5. The van der Waals surface area contributed by atoms with Gasteiger partial charge in [0.1, 0.15) is 11.8 Å². The van der Waals surface area contributed by atoms with Crippen LogP contribution in [0.15, 0.2) is 84.9 Å². The zero-order valence-electron chi connectivity index (χ0n) is 19.5. The number of ether oxygens (including phenoxy) is 1. The quantitative estimate of drug-likeness (QED) is 0.500. The van der Waals surface area contributed by atoms with E-state index >= 15 is 0 Å². The largest absolute Gasteiger partial charge is 0.484 e. The second kappa shape index (κ2) is 11.9. The highest BCUT2D eigenvalue weighted by atomic mass is 16.5. The molecular formula is C28H32N2O3. The fourth-order valence-electron chi connectivity index (χ4n) is 3.66. The van der Waals surface area contributed by atoms with Gasteiger partial charge in [-0.2, -0.15) is 0 Å². The van der Waals surface area contributed by atoms with Crippen LogP contribution in [-0.4, -0.2) is 35.4 Å². The van der Waals surface area contributed by atoms with Crippen LogP contribution in [0.25, 0.3) is 0 Å². The fourth-order valence-corrected chi connectivity index (χ4v) is 3.66. The molecule has 5 heteroatoms. The molecule has 33 heavy (non-hydrogen) atoms. The summed E-state index contributed by atoms with van der Waals surface area (Å²) >= 11 is 0. The summed E-state index contributed by atoms with van der Waals surface area (Å²) in [4.78, 5) is 28.4. The van der Waals surface area contributed by atoms with Crippen LogP contribution in [0.3, 0.4) is 0 Å². The van der Waals surface area contributed by atoms with Crippen LogP contribution in [0.5, 0.6) is 5.75 Å². The van der Waals surface area contributed by atoms with Crippen molar-refractivity contribution >= 4 is 11.8 Å². The number of carbonyl (C=O) groups excluding carboxylic acids is 2. The van der Waals surface area contributed by atoms with E-state index in [0.29, 0.717) is 18.7 Å². The molecule has 0 saturated carbocycles. The molecule has 0 aliphatic carbocycles. The van der Waals surface area contributed by atoms with E-state index in [1.807, 2.05) is 106 Å². The molecule has 0 spiro atoms. The standard InChI is InChI=1S/C28H32N2O3/c1-21(2)29-28(32)25(18-23-13-6-4-7-14-23)30(19-24-15-8-5-9-16-24)27(31)20-33-26-17-11-10-12-22(26)3/h4-17,21,25H,18-20H2,1-3H3,(H,29,32)/t25-/m0/s1. The van der Waals surface area contributed by atoms with Gasteiger partial charge < -0.3 is 15.0 Å². The SMILES string of the molecule is Cc1ccccc1OCC(=O)N(Cc1ccccc1)[C@@H](Cc1ccccc1)C(=O)NC(C)C. The second-order valence-electron chi connectivity index (χ2n) is 8.43. The summed E-state index contributed by atoms with van der Waals surface area (Å²) in [5, 5.41) is 2.99. The van der Waals surface area contributed by atoms with Crippen molar-refractivity contribution in [3.05, 3.63) is 102 Å². The van der Waals surface area contributed by atoms with Gasteiger partial charge in [0.15, 0.2) is 6.61 Å². The molecule has 1 atom stereocenters. The van der Waals surface area contributed by atoms with Crippen molar-refractivity contribution in [1.82, 2.24) is 10.2 Å². The molecule has 0 aliphatic heterocycles. The summed E-state index contributed by atoms with van der Waals surface area (Å²) in [5.41, 5.74) is 2.91. The van der Waals surface area contributed by atoms with Crippen LogP contribution in [0.2, 0.25) is 0 Å². The predicted octanol–water partition coefficient (Wildman–Crippen LogP) is 4.54. The molecule has 0 aromatic heterocycles. The fraction of sp³-hybridized carbons (Fsp3) is 0.286. The Hall–Kier alpha value is -3.60. The van der Waals surface area contributed by atoms with Crippen molar-refractivity contribution in [2.45, 2.75) is 45.8 Å². The third-order valence-electron chi connectivity index (χ3n) is 5.34. The van der Waals surface area contributed by atoms with Crippen molar-refractivity contribution < 1.29 is 14.3 Å². The smallest absolute Gasteiger partial charge is 0.261 e. The highest BCUT2D eigenvalue weighted by molar-refractivity contribution is 5.88. The summed E-state index contributed by atoms with van der Waals surface area (Å²) in [7, 11) is 0. The van der Waals surface area contributed by atoms with Crippen LogP contribution in [0.4, 0.5) is 0 Å². The number of nitrogens with zero attached hydrogens (tertiary/aromatic N) is 1. The van der Waals surface area contributed by atoms with Gasteiger partial charge in [-0.1, -0.05) is 78.9 Å². The van der Waals surface area contributed by atoms with Crippen LogP contribution >= 0.6 is 0 Å². The average molecular weight is 445 g/mol. The van der Waals surface area contributed by atoms with Gasteiger partial charge in [0, 0.05) is 19.0 Å². The van der Waals surface area contributed by atoms with Gasteiger partial charge >= 0.3 is 0 Å². The minimum absolute atomic E-state index is 0.0346. The number of carbonyl (C=O) groups is 2. The molecule has 3 aromatic rings. The van der Waals surface area contributed by atoms with Crippen LogP contribution in [-0.2, 0) is 22.6 Å². The molecule has 0 aliphatic rings. The minimum Gasteiger partial charge on any atom is -0.484 e. The lowest BCUT2D eigenvalue weighted by Crippen LogP contribution is -2.52. The molecule has 0 bridgehead atoms. The Kier molecular flexibility index (Phi) is 8.64. The van der Waals surface area contributed by atoms with Crippen LogP contribution in [0.1, 0.15) is 30.5 Å². The Morgan fingerprint density at radius 3 is 2.03 bits per heavy atom. The number of para-hydroxylation sites is 1. The van der Waals surface area contributed by atoms with Crippen LogP contribution < -0.4 is 10.1 Å². The third-order valence-corrected chi connectivity index (χ3v) is 5.34. The van der Waals surface area contributed by atoms with Crippen molar-refractivity contribution in [2.75, 3.05) is 6.61 Å². The highest BCUT2D eigenvalue weighted by Gasteiger charge is 2.31. The number of nitrogens with one attached hydrogen (secondary N) is 1. The molecule has 0 fully saturated rings.